The molecule has 2 atom stereocenters. The summed E-state index contributed by atoms with van der Waals surface area (Å²) in [6.45, 7) is 3.30. The summed E-state index contributed by atoms with van der Waals surface area (Å²) in [7, 11) is 1.55. The molecule has 0 spiro atoms. The van der Waals surface area contributed by atoms with Crippen LogP contribution in [0.15, 0.2) is 53.4 Å². The maximum atomic E-state index is 13.5. The monoisotopic (exact) mass is 490 g/mol. The molecular formula is C25H27FN8O2. The predicted octanol–water partition coefficient (Wildman–Crippen LogP) is 2.69. The van der Waals surface area contributed by atoms with Crippen LogP contribution in [0.4, 0.5) is 10.3 Å². The molecule has 0 bridgehead atoms. The Hall–Kier alpha value is -4.28. The average molecular weight is 491 g/mol. The van der Waals surface area contributed by atoms with Crippen LogP contribution in [0.3, 0.4) is 0 Å². The minimum absolute atomic E-state index is 0.0581. The zero-order chi connectivity index (χ0) is 25.2. The van der Waals surface area contributed by atoms with Crippen molar-refractivity contribution < 1.29 is 13.9 Å². The van der Waals surface area contributed by atoms with E-state index in [1.165, 1.54) is 12.1 Å². The standard InChI is InChI=1S/C25H27FN8O2/c1-14(35)34-10-8-18(13-34)30-25-28-9-7-19(31-25)22-21(16-11-20(36-2)23(27)29-12-16)32-24(33-22)15-3-5-17(26)6-4-15/h3-7,9,11,16,18H,8,10,12-13H2,1-2H3,(H2,27,29)(H,32,33)(H,28,30,31)/t16?,18-/m1/s1. The number of aromatic amines is 1. The van der Waals surface area contributed by atoms with Crippen LogP contribution in [-0.2, 0) is 9.53 Å². The fraction of sp³-hybridized carbons (Fsp3) is 0.320. The molecule has 1 fully saturated rings. The van der Waals surface area contributed by atoms with E-state index in [1.807, 2.05) is 6.08 Å². The number of halogens is 1. The Labute approximate surface area is 207 Å². The minimum Gasteiger partial charge on any atom is -0.493 e. The second kappa shape index (κ2) is 9.76. The number of rotatable bonds is 6. The molecule has 1 unspecified atom stereocenters. The lowest BCUT2D eigenvalue weighted by molar-refractivity contribution is -0.127. The van der Waals surface area contributed by atoms with E-state index >= 15 is 0 Å². The van der Waals surface area contributed by atoms with Crippen molar-refractivity contribution >= 4 is 17.7 Å². The summed E-state index contributed by atoms with van der Waals surface area (Å²) in [5, 5.41) is 3.34. The van der Waals surface area contributed by atoms with Crippen LogP contribution in [0, 0.1) is 5.82 Å². The van der Waals surface area contributed by atoms with Gasteiger partial charge in [0.15, 0.2) is 11.6 Å². The number of H-pyrrole nitrogens is 1. The first-order valence-electron chi connectivity index (χ1n) is 11.7. The topological polar surface area (TPSA) is 134 Å². The number of likely N-dealkylation sites (tertiary alicyclic amines) is 1. The first kappa shape index (κ1) is 23.5. The van der Waals surface area contributed by atoms with Crippen LogP contribution in [0.5, 0.6) is 0 Å². The highest BCUT2D eigenvalue weighted by atomic mass is 19.1. The molecule has 2 aromatic heterocycles. The number of aliphatic imine (C=N–C) groups is 1. The summed E-state index contributed by atoms with van der Waals surface area (Å²) < 4.78 is 18.9. The number of anilines is 1. The van der Waals surface area contributed by atoms with Crippen LogP contribution in [0.2, 0.25) is 0 Å². The summed E-state index contributed by atoms with van der Waals surface area (Å²) in [6, 6.07) is 7.98. The van der Waals surface area contributed by atoms with Crippen LogP contribution in [0.1, 0.15) is 25.0 Å². The van der Waals surface area contributed by atoms with Gasteiger partial charge in [0.1, 0.15) is 17.3 Å². The highest BCUT2D eigenvalue weighted by Crippen LogP contribution is 2.33. The largest absolute Gasteiger partial charge is 0.493 e. The Bertz CT molecular complexity index is 1330. The van der Waals surface area contributed by atoms with E-state index in [0.717, 1.165) is 17.7 Å². The van der Waals surface area contributed by atoms with Gasteiger partial charge in [0.25, 0.3) is 0 Å². The van der Waals surface area contributed by atoms with E-state index in [1.54, 1.807) is 43.3 Å². The van der Waals surface area contributed by atoms with Crippen molar-refractivity contribution in [3.05, 3.63) is 59.9 Å². The number of hydrogen-bond acceptors (Lipinski definition) is 8. The number of methoxy groups -OCH3 is 1. The van der Waals surface area contributed by atoms with Gasteiger partial charge in [-0.2, -0.15) is 0 Å². The molecule has 4 heterocycles. The number of nitrogens with one attached hydrogen (secondary N) is 2. The normalized spacial score (nSPS) is 19.6. The van der Waals surface area contributed by atoms with Gasteiger partial charge in [0, 0.05) is 43.7 Å². The molecule has 2 aliphatic heterocycles. The molecule has 36 heavy (non-hydrogen) atoms. The van der Waals surface area contributed by atoms with Crippen LogP contribution < -0.4 is 11.1 Å². The molecule has 1 amide bonds. The molecule has 0 radical (unpaired) electrons. The number of dihydropyridines is 1. The van der Waals surface area contributed by atoms with Crippen molar-refractivity contribution in [3.63, 3.8) is 0 Å². The summed E-state index contributed by atoms with van der Waals surface area (Å²) in [6.07, 6.45) is 4.40. The Morgan fingerprint density at radius 3 is 2.78 bits per heavy atom. The van der Waals surface area contributed by atoms with Crippen LogP contribution in [0.25, 0.3) is 22.8 Å². The fourth-order valence-electron chi connectivity index (χ4n) is 4.44. The number of nitrogens with zero attached hydrogens (tertiary/aromatic N) is 5. The molecule has 10 nitrogen and oxygen atoms in total. The zero-order valence-corrected chi connectivity index (χ0v) is 20.0. The number of aromatic nitrogens is 4. The zero-order valence-electron chi connectivity index (χ0n) is 20.0. The van der Waals surface area contributed by atoms with Crippen LogP contribution >= 0.6 is 0 Å². The average Bonchev–Trinajstić information content (AvgIpc) is 3.53. The minimum atomic E-state index is -0.322. The molecule has 4 N–H and O–H groups in total. The molecular weight excluding hydrogens is 463 g/mol. The van der Waals surface area contributed by atoms with E-state index in [9.17, 15) is 9.18 Å². The molecule has 186 valence electrons. The number of carbonyl (C=O) groups is 1. The maximum absolute atomic E-state index is 13.5. The van der Waals surface area contributed by atoms with E-state index < -0.39 is 0 Å². The summed E-state index contributed by atoms with van der Waals surface area (Å²) >= 11 is 0. The summed E-state index contributed by atoms with van der Waals surface area (Å²) in [5.41, 5.74) is 8.72. The molecule has 0 saturated carbocycles. The third-order valence-electron chi connectivity index (χ3n) is 6.37. The van der Waals surface area contributed by atoms with E-state index in [0.29, 0.717) is 54.4 Å². The highest BCUT2D eigenvalue weighted by Gasteiger charge is 2.27. The molecule has 11 heteroatoms. The van der Waals surface area contributed by atoms with E-state index in [4.69, 9.17) is 20.4 Å². The van der Waals surface area contributed by atoms with E-state index in [2.05, 4.69) is 20.3 Å². The third kappa shape index (κ3) is 4.77. The Balaban J connectivity index is 1.50. The van der Waals surface area contributed by atoms with Gasteiger partial charge in [0.05, 0.1) is 25.0 Å². The van der Waals surface area contributed by atoms with E-state index in [-0.39, 0.29) is 23.7 Å². The van der Waals surface area contributed by atoms with Gasteiger partial charge in [-0.3, -0.25) is 9.79 Å². The number of benzene rings is 1. The number of amides is 1. The van der Waals surface area contributed by atoms with Gasteiger partial charge in [-0.15, -0.1) is 0 Å². The number of carbonyl (C=O) groups excluding carboxylic acids is 1. The Morgan fingerprint density at radius 2 is 2.06 bits per heavy atom. The lowest BCUT2D eigenvalue weighted by Crippen LogP contribution is -2.30. The maximum Gasteiger partial charge on any atom is 0.223 e. The van der Waals surface area contributed by atoms with Gasteiger partial charge < -0.3 is 25.7 Å². The SMILES string of the molecule is COC1=CC(c2[nH]c(-c3ccc(F)cc3)nc2-c2ccnc(N[C@@H]3CCN(C(C)=O)C3)n2)CN=C1N. The van der Waals surface area contributed by atoms with Crippen molar-refractivity contribution in [2.24, 2.45) is 10.7 Å². The predicted molar refractivity (Wildman–Crippen MR) is 134 cm³/mol. The second-order valence-corrected chi connectivity index (χ2v) is 8.78. The lowest BCUT2D eigenvalue weighted by Gasteiger charge is -2.18. The van der Waals surface area contributed by atoms with Crippen molar-refractivity contribution in [2.75, 3.05) is 32.1 Å². The first-order valence-corrected chi connectivity index (χ1v) is 11.7. The second-order valence-electron chi connectivity index (χ2n) is 8.78. The van der Waals surface area contributed by atoms with Crippen LogP contribution in [-0.4, -0.2) is 69.4 Å². The highest BCUT2D eigenvalue weighted by molar-refractivity contribution is 5.96. The van der Waals surface area contributed by atoms with Crippen molar-refractivity contribution in [2.45, 2.75) is 25.3 Å². The lowest BCUT2D eigenvalue weighted by atomic mass is 9.99. The quantitative estimate of drug-likeness (QED) is 0.484. The molecule has 2 aliphatic rings. The fourth-order valence-corrected chi connectivity index (χ4v) is 4.44. The summed E-state index contributed by atoms with van der Waals surface area (Å²) in [4.78, 5) is 35.2. The number of nitrogens with two attached hydrogens (primary N) is 1. The molecule has 0 aliphatic carbocycles. The Morgan fingerprint density at radius 1 is 1.25 bits per heavy atom. The van der Waals surface area contributed by atoms with Crippen molar-refractivity contribution in [3.8, 4) is 22.8 Å². The van der Waals surface area contributed by atoms with Gasteiger partial charge in [-0.25, -0.2) is 19.3 Å². The van der Waals surface area contributed by atoms with Crippen molar-refractivity contribution in [1.29, 1.82) is 0 Å². The number of hydrogen-bond donors (Lipinski definition) is 3. The number of amidine groups is 1. The first-order chi connectivity index (χ1) is 17.4. The van der Waals surface area contributed by atoms with Gasteiger partial charge >= 0.3 is 0 Å². The third-order valence-corrected chi connectivity index (χ3v) is 6.37. The van der Waals surface area contributed by atoms with Gasteiger partial charge in [-0.05, 0) is 42.8 Å². The molecule has 5 rings (SSSR count). The van der Waals surface area contributed by atoms with Gasteiger partial charge in [-0.1, -0.05) is 0 Å². The number of imidazole rings is 1. The molecule has 1 saturated heterocycles. The summed E-state index contributed by atoms with van der Waals surface area (Å²) in [5.74, 6) is 1.43. The number of ether oxygens (including phenoxy) is 1. The smallest absolute Gasteiger partial charge is 0.223 e. The van der Waals surface area contributed by atoms with Crippen molar-refractivity contribution in [1.82, 2.24) is 24.8 Å². The molecule has 3 aromatic rings. The Kier molecular flexibility index (Phi) is 6.36. The van der Waals surface area contributed by atoms with Gasteiger partial charge in [0.2, 0.25) is 11.9 Å². The molecule has 1 aromatic carbocycles.